The Morgan fingerprint density at radius 2 is 1.58 bits per heavy atom. The normalized spacial score (nSPS) is 28.9. The zero-order valence-electron chi connectivity index (χ0n) is 11.5. The minimum atomic E-state index is -0.715. The first kappa shape index (κ1) is 14.3. The fourth-order valence-electron chi connectivity index (χ4n) is 2.60. The van der Waals surface area contributed by atoms with E-state index in [2.05, 4.69) is 5.32 Å². The van der Waals surface area contributed by atoms with Gasteiger partial charge < -0.3 is 20.2 Å². The van der Waals surface area contributed by atoms with Gasteiger partial charge in [-0.1, -0.05) is 0 Å². The number of piperazine rings is 1. The molecule has 108 valence electrons. The van der Waals surface area contributed by atoms with Crippen LogP contribution in [0.2, 0.25) is 0 Å². The van der Waals surface area contributed by atoms with Crippen LogP contribution in [-0.4, -0.2) is 71.6 Å². The second-order valence-corrected chi connectivity index (χ2v) is 5.68. The van der Waals surface area contributed by atoms with Crippen molar-refractivity contribution in [1.82, 2.24) is 15.1 Å². The maximum absolute atomic E-state index is 12.2. The molecule has 2 fully saturated rings. The summed E-state index contributed by atoms with van der Waals surface area (Å²) in [5, 5.41) is 13.2. The molecule has 2 saturated heterocycles. The molecule has 1 unspecified atom stereocenters. The van der Waals surface area contributed by atoms with E-state index in [1.54, 1.807) is 16.7 Å². The molecule has 1 atom stereocenters. The average molecular weight is 269 g/mol. The minimum absolute atomic E-state index is 0.400. The average Bonchev–Trinajstić information content (AvgIpc) is 2.59. The Kier molecular flexibility index (Phi) is 4.42. The Labute approximate surface area is 113 Å². The van der Waals surface area contributed by atoms with Gasteiger partial charge in [-0.3, -0.25) is 9.59 Å². The van der Waals surface area contributed by atoms with Gasteiger partial charge in [0.2, 0.25) is 0 Å². The van der Waals surface area contributed by atoms with E-state index in [9.17, 15) is 14.7 Å². The van der Waals surface area contributed by atoms with Crippen molar-refractivity contribution in [2.24, 2.45) is 0 Å². The molecule has 0 aliphatic carbocycles. The Hall–Kier alpha value is -1.14. The monoisotopic (exact) mass is 269 g/mol. The van der Waals surface area contributed by atoms with Crippen LogP contribution in [0, 0.1) is 0 Å². The standard InChI is InChI=1S/C13H23N3O3/c1-13(19)3-2-7-15(8-4-13)11(17)12(18)16-9-5-14-6-10-16/h14,19H,2-10H2,1H3. The Bertz CT molecular complexity index is 351. The maximum atomic E-state index is 12.2. The predicted molar refractivity (Wildman–Crippen MR) is 70.5 cm³/mol. The molecule has 6 heteroatoms. The molecule has 0 aromatic heterocycles. The highest BCUT2D eigenvalue weighted by Gasteiger charge is 2.32. The van der Waals surface area contributed by atoms with Crippen LogP contribution in [0.3, 0.4) is 0 Å². The van der Waals surface area contributed by atoms with Crippen LogP contribution in [0.4, 0.5) is 0 Å². The number of aliphatic hydroxyl groups is 1. The molecule has 19 heavy (non-hydrogen) atoms. The Morgan fingerprint density at radius 3 is 2.21 bits per heavy atom. The van der Waals surface area contributed by atoms with Crippen molar-refractivity contribution in [2.75, 3.05) is 39.3 Å². The van der Waals surface area contributed by atoms with Crippen molar-refractivity contribution in [1.29, 1.82) is 0 Å². The number of nitrogens with one attached hydrogen (secondary N) is 1. The highest BCUT2D eigenvalue weighted by molar-refractivity contribution is 6.34. The Balaban J connectivity index is 1.93. The van der Waals surface area contributed by atoms with E-state index < -0.39 is 17.4 Å². The Morgan fingerprint density at radius 1 is 1.00 bits per heavy atom. The molecule has 2 N–H and O–H groups in total. The van der Waals surface area contributed by atoms with Crippen LogP contribution in [0.5, 0.6) is 0 Å². The first-order valence-electron chi connectivity index (χ1n) is 7.01. The molecule has 2 amide bonds. The molecule has 0 aromatic rings. The first-order valence-corrected chi connectivity index (χ1v) is 7.01. The van der Waals surface area contributed by atoms with Crippen molar-refractivity contribution in [2.45, 2.75) is 31.8 Å². The zero-order chi connectivity index (χ0) is 13.9. The molecule has 0 saturated carbocycles. The van der Waals surface area contributed by atoms with E-state index in [-0.39, 0.29) is 0 Å². The van der Waals surface area contributed by atoms with Gasteiger partial charge in [0.05, 0.1) is 5.60 Å². The molecule has 2 rings (SSSR count). The van der Waals surface area contributed by atoms with Crippen LogP contribution < -0.4 is 5.32 Å². The number of hydrogen-bond acceptors (Lipinski definition) is 4. The van der Waals surface area contributed by atoms with E-state index >= 15 is 0 Å². The molecule has 2 heterocycles. The van der Waals surface area contributed by atoms with Gasteiger partial charge in [-0.05, 0) is 26.2 Å². The molecular weight excluding hydrogens is 246 g/mol. The van der Waals surface area contributed by atoms with Crippen molar-refractivity contribution in [3.05, 3.63) is 0 Å². The molecule has 0 radical (unpaired) electrons. The van der Waals surface area contributed by atoms with E-state index in [1.165, 1.54) is 0 Å². The smallest absolute Gasteiger partial charge is 0.312 e. The van der Waals surface area contributed by atoms with Crippen molar-refractivity contribution >= 4 is 11.8 Å². The highest BCUT2D eigenvalue weighted by Crippen LogP contribution is 2.21. The van der Waals surface area contributed by atoms with E-state index in [4.69, 9.17) is 0 Å². The third-order valence-corrected chi connectivity index (χ3v) is 3.94. The molecule has 0 aromatic carbocycles. The van der Waals surface area contributed by atoms with Gasteiger partial charge in [0.1, 0.15) is 0 Å². The summed E-state index contributed by atoms with van der Waals surface area (Å²) in [6.45, 7) is 5.49. The van der Waals surface area contributed by atoms with E-state index in [0.717, 1.165) is 19.5 Å². The van der Waals surface area contributed by atoms with Crippen LogP contribution in [0.15, 0.2) is 0 Å². The molecule has 6 nitrogen and oxygen atoms in total. The van der Waals surface area contributed by atoms with Crippen LogP contribution >= 0.6 is 0 Å². The summed E-state index contributed by atoms with van der Waals surface area (Å²) in [6.07, 6.45) is 1.96. The second-order valence-electron chi connectivity index (χ2n) is 5.68. The van der Waals surface area contributed by atoms with Crippen LogP contribution in [0.25, 0.3) is 0 Å². The number of carbonyl (C=O) groups is 2. The van der Waals surface area contributed by atoms with Crippen molar-refractivity contribution in [3.8, 4) is 0 Å². The molecule has 0 bridgehead atoms. The number of hydrogen-bond donors (Lipinski definition) is 2. The lowest BCUT2D eigenvalue weighted by Gasteiger charge is -2.29. The van der Waals surface area contributed by atoms with E-state index in [1.807, 2.05) is 0 Å². The topological polar surface area (TPSA) is 72.9 Å². The minimum Gasteiger partial charge on any atom is -0.390 e. The van der Waals surface area contributed by atoms with Gasteiger partial charge >= 0.3 is 11.8 Å². The first-order chi connectivity index (χ1) is 8.99. The van der Waals surface area contributed by atoms with Gasteiger partial charge in [0.15, 0.2) is 0 Å². The fourth-order valence-corrected chi connectivity index (χ4v) is 2.60. The second kappa shape index (κ2) is 5.88. The van der Waals surface area contributed by atoms with Gasteiger partial charge in [0, 0.05) is 39.3 Å². The van der Waals surface area contributed by atoms with Crippen LogP contribution in [-0.2, 0) is 9.59 Å². The van der Waals surface area contributed by atoms with Crippen molar-refractivity contribution in [3.63, 3.8) is 0 Å². The lowest BCUT2D eigenvalue weighted by molar-refractivity contribution is -0.152. The summed E-state index contributed by atoms with van der Waals surface area (Å²) in [5.74, 6) is -0.817. The number of likely N-dealkylation sites (tertiary alicyclic amines) is 1. The predicted octanol–water partition coefficient (Wildman–Crippen LogP) is -0.818. The van der Waals surface area contributed by atoms with Crippen molar-refractivity contribution < 1.29 is 14.7 Å². The molecular formula is C13H23N3O3. The summed E-state index contributed by atoms with van der Waals surface area (Å²) >= 11 is 0. The fraction of sp³-hybridized carbons (Fsp3) is 0.846. The lowest BCUT2D eigenvalue weighted by atomic mass is 9.98. The highest BCUT2D eigenvalue weighted by atomic mass is 16.3. The largest absolute Gasteiger partial charge is 0.390 e. The SMILES string of the molecule is CC1(O)CCCN(C(=O)C(=O)N2CCNCC2)CC1. The summed E-state index contributed by atoms with van der Waals surface area (Å²) in [5.41, 5.74) is -0.715. The molecule has 2 aliphatic heterocycles. The zero-order valence-corrected chi connectivity index (χ0v) is 11.5. The summed E-state index contributed by atoms with van der Waals surface area (Å²) in [4.78, 5) is 27.5. The van der Waals surface area contributed by atoms with Gasteiger partial charge in [-0.2, -0.15) is 0 Å². The van der Waals surface area contributed by atoms with E-state index in [0.29, 0.717) is 39.0 Å². The summed E-state index contributed by atoms with van der Waals surface area (Å²) in [6, 6.07) is 0. The number of rotatable bonds is 0. The third-order valence-electron chi connectivity index (χ3n) is 3.94. The third kappa shape index (κ3) is 3.67. The number of nitrogens with zero attached hydrogens (tertiary/aromatic N) is 2. The quantitative estimate of drug-likeness (QED) is 0.564. The number of amides is 2. The summed E-state index contributed by atoms with van der Waals surface area (Å²) < 4.78 is 0. The van der Waals surface area contributed by atoms with Crippen LogP contribution in [0.1, 0.15) is 26.2 Å². The van der Waals surface area contributed by atoms with Gasteiger partial charge in [-0.15, -0.1) is 0 Å². The lowest BCUT2D eigenvalue weighted by Crippen LogP contribution is -2.52. The molecule has 2 aliphatic rings. The van der Waals surface area contributed by atoms with Gasteiger partial charge in [0.25, 0.3) is 0 Å². The maximum Gasteiger partial charge on any atom is 0.312 e. The summed E-state index contributed by atoms with van der Waals surface area (Å²) in [7, 11) is 0. The van der Waals surface area contributed by atoms with Gasteiger partial charge in [-0.25, -0.2) is 0 Å². The number of carbonyl (C=O) groups excluding carboxylic acids is 2. The molecule has 0 spiro atoms.